The van der Waals surface area contributed by atoms with Gasteiger partial charge in [-0.2, -0.15) is 0 Å². The molecule has 0 aromatic rings. The van der Waals surface area contributed by atoms with Gasteiger partial charge in [0.1, 0.15) is 0 Å². The van der Waals surface area contributed by atoms with Gasteiger partial charge in [-0.3, -0.25) is 0 Å². The molecule has 0 aliphatic carbocycles. The zero-order valence-corrected chi connectivity index (χ0v) is 8.30. The highest BCUT2D eigenvalue weighted by Gasteiger charge is 1.86. The van der Waals surface area contributed by atoms with E-state index in [9.17, 15) is 0 Å². The van der Waals surface area contributed by atoms with E-state index in [2.05, 4.69) is 45.6 Å². The standard InChI is InChI=1S/C12H18/c1-5-8-9-12(7-3)10-11(4)6-2/h5-6,8-10H,1,7H2,2-4H3/b9-8+,11-6+,12-10+. The number of rotatable bonds is 4. The second kappa shape index (κ2) is 6.66. The highest BCUT2D eigenvalue weighted by molar-refractivity contribution is 5.29. The minimum Gasteiger partial charge on any atom is -0.0991 e. The predicted molar refractivity (Wildman–Crippen MR) is 57.1 cm³/mol. The molecule has 0 heteroatoms. The molecule has 0 radical (unpaired) electrons. The monoisotopic (exact) mass is 162 g/mol. The highest BCUT2D eigenvalue weighted by atomic mass is 13.9. The quantitative estimate of drug-likeness (QED) is 0.547. The predicted octanol–water partition coefficient (Wildman–Crippen LogP) is 4.03. The molecule has 0 saturated heterocycles. The molecule has 0 atom stereocenters. The van der Waals surface area contributed by atoms with Crippen molar-refractivity contribution in [2.24, 2.45) is 0 Å². The van der Waals surface area contributed by atoms with E-state index in [-0.39, 0.29) is 0 Å². The Kier molecular flexibility index (Phi) is 6.08. The van der Waals surface area contributed by atoms with Crippen LogP contribution in [0.25, 0.3) is 0 Å². The molecular formula is C12H18. The normalized spacial score (nSPS) is 13.9. The fraction of sp³-hybridized carbons (Fsp3) is 0.333. The third-order valence-electron chi connectivity index (χ3n) is 1.72. The van der Waals surface area contributed by atoms with Gasteiger partial charge >= 0.3 is 0 Å². The van der Waals surface area contributed by atoms with Crippen LogP contribution in [0, 0.1) is 0 Å². The third-order valence-corrected chi connectivity index (χ3v) is 1.72. The van der Waals surface area contributed by atoms with Gasteiger partial charge in [0.15, 0.2) is 0 Å². The summed E-state index contributed by atoms with van der Waals surface area (Å²) in [4.78, 5) is 0. The molecule has 0 spiro atoms. The van der Waals surface area contributed by atoms with Crippen molar-refractivity contribution < 1.29 is 0 Å². The maximum absolute atomic E-state index is 3.64. The van der Waals surface area contributed by atoms with Gasteiger partial charge in [0.25, 0.3) is 0 Å². The molecule has 0 saturated carbocycles. The third kappa shape index (κ3) is 4.73. The van der Waals surface area contributed by atoms with E-state index in [4.69, 9.17) is 0 Å². The summed E-state index contributed by atoms with van der Waals surface area (Å²) >= 11 is 0. The molecule has 0 aromatic carbocycles. The smallest absolute Gasteiger partial charge is 0.0307 e. The van der Waals surface area contributed by atoms with Crippen LogP contribution in [0.5, 0.6) is 0 Å². The molecule has 0 rings (SSSR count). The van der Waals surface area contributed by atoms with Gasteiger partial charge in [0, 0.05) is 0 Å². The molecule has 0 fully saturated rings. The molecule has 0 N–H and O–H groups in total. The van der Waals surface area contributed by atoms with Crippen LogP contribution in [0.3, 0.4) is 0 Å². The molecule has 0 aromatic heterocycles. The van der Waals surface area contributed by atoms with E-state index in [0.29, 0.717) is 0 Å². The van der Waals surface area contributed by atoms with Crippen LogP contribution in [-0.4, -0.2) is 0 Å². The average Bonchev–Trinajstić information content (AvgIpc) is 2.11. The molecule has 0 amide bonds. The van der Waals surface area contributed by atoms with Crippen LogP contribution in [0.15, 0.2) is 48.1 Å². The van der Waals surface area contributed by atoms with Crippen molar-refractivity contribution in [2.75, 3.05) is 0 Å². The lowest BCUT2D eigenvalue weighted by molar-refractivity contribution is 1.14. The van der Waals surface area contributed by atoms with Gasteiger partial charge in [0.2, 0.25) is 0 Å². The molecule has 0 nitrogen and oxygen atoms in total. The van der Waals surface area contributed by atoms with E-state index < -0.39 is 0 Å². The summed E-state index contributed by atoms with van der Waals surface area (Å²) in [5.74, 6) is 0. The highest BCUT2D eigenvalue weighted by Crippen LogP contribution is 2.07. The van der Waals surface area contributed by atoms with Crippen LogP contribution in [0.4, 0.5) is 0 Å². The van der Waals surface area contributed by atoms with Crippen molar-refractivity contribution in [1.82, 2.24) is 0 Å². The lowest BCUT2D eigenvalue weighted by Gasteiger charge is -1.96. The Bertz CT molecular complexity index is 214. The van der Waals surface area contributed by atoms with Crippen LogP contribution >= 0.6 is 0 Å². The van der Waals surface area contributed by atoms with Crippen LogP contribution < -0.4 is 0 Å². The van der Waals surface area contributed by atoms with Crippen molar-refractivity contribution in [1.29, 1.82) is 0 Å². The maximum atomic E-state index is 3.64. The molecule has 0 unspecified atom stereocenters. The molecule has 0 aliphatic heterocycles. The van der Waals surface area contributed by atoms with E-state index in [1.54, 1.807) is 6.08 Å². The Balaban J connectivity index is 4.43. The summed E-state index contributed by atoms with van der Waals surface area (Å²) in [5, 5.41) is 0. The fourth-order valence-electron chi connectivity index (χ4n) is 0.835. The first kappa shape index (κ1) is 11.0. The molecule has 12 heavy (non-hydrogen) atoms. The SMILES string of the molecule is C=C/C=C/C(=C/C(C)=C/C)CC. The Labute approximate surface area is 76.0 Å². The van der Waals surface area contributed by atoms with Crippen molar-refractivity contribution >= 4 is 0 Å². The maximum Gasteiger partial charge on any atom is -0.0307 e. The summed E-state index contributed by atoms with van der Waals surface area (Å²) in [5.41, 5.74) is 2.64. The van der Waals surface area contributed by atoms with Crippen molar-refractivity contribution in [3.63, 3.8) is 0 Å². The van der Waals surface area contributed by atoms with E-state index in [1.165, 1.54) is 11.1 Å². The van der Waals surface area contributed by atoms with Crippen LogP contribution in [-0.2, 0) is 0 Å². The summed E-state index contributed by atoms with van der Waals surface area (Å²) < 4.78 is 0. The van der Waals surface area contributed by atoms with Crippen molar-refractivity contribution in [3.8, 4) is 0 Å². The number of allylic oxidation sites excluding steroid dienone is 7. The zero-order valence-electron chi connectivity index (χ0n) is 8.30. The van der Waals surface area contributed by atoms with E-state index in [0.717, 1.165) is 6.42 Å². The number of hydrogen-bond donors (Lipinski definition) is 0. The second-order valence-electron chi connectivity index (χ2n) is 2.70. The lowest BCUT2D eigenvalue weighted by Crippen LogP contribution is -1.76. The summed E-state index contributed by atoms with van der Waals surface area (Å²) in [6.07, 6.45) is 11.2. The first-order valence-electron chi connectivity index (χ1n) is 4.37. The minimum absolute atomic E-state index is 1.06. The molecular weight excluding hydrogens is 144 g/mol. The van der Waals surface area contributed by atoms with E-state index in [1.807, 2.05) is 6.08 Å². The number of hydrogen-bond acceptors (Lipinski definition) is 0. The van der Waals surface area contributed by atoms with E-state index >= 15 is 0 Å². The Morgan fingerprint density at radius 1 is 1.42 bits per heavy atom. The molecule has 0 aliphatic rings. The van der Waals surface area contributed by atoms with Gasteiger partial charge in [0.05, 0.1) is 0 Å². The first-order chi connectivity index (χ1) is 5.74. The Morgan fingerprint density at radius 2 is 2.08 bits per heavy atom. The molecule has 0 bridgehead atoms. The molecule has 66 valence electrons. The zero-order chi connectivity index (χ0) is 9.40. The topological polar surface area (TPSA) is 0 Å². The fourth-order valence-corrected chi connectivity index (χ4v) is 0.835. The average molecular weight is 162 g/mol. The van der Waals surface area contributed by atoms with Gasteiger partial charge in [-0.15, -0.1) is 0 Å². The minimum atomic E-state index is 1.06. The van der Waals surface area contributed by atoms with Gasteiger partial charge in [-0.1, -0.05) is 49.5 Å². The Hall–Kier alpha value is -1.04. The van der Waals surface area contributed by atoms with Crippen LogP contribution in [0.2, 0.25) is 0 Å². The summed E-state index contributed by atoms with van der Waals surface area (Å²) in [6.45, 7) is 9.95. The molecule has 0 heterocycles. The summed E-state index contributed by atoms with van der Waals surface area (Å²) in [7, 11) is 0. The van der Waals surface area contributed by atoms with Crippen LogP contribution in [0.1, 0.15) is 27.2 Å². The largest absolute Gasteiger partial charge is 0.0991 e. The van der Waals surface area contributed by atoms with Gasteiger partial charge in [-0.25, -0.2) is 0 Å². The second-order valence-corrected chi connectivity index (χ2v) is 2.70. The van der Waals surface area contributed by atoms with Gasteiger partial charge in [-0.05, 0) is 25.8 Å². The lowest BCUT2D eigenvalue weighted by atomic mass is 10.1. The van der Waals surface area contributed by atoms with Gasteiger partial charge < -0.3 is 0 Å². The first-order valence-corrected chi connectivity index (χ1v) is 4.37. The van der Waals surface area contributed by atoms with Crippen molar-refractivity contribution in [2.45, 2.75) is 27.2 Å². The summed E-state index contributed by atoms with van der Waals surface area (Å²) in [6, 6.07) is 0. The van der Waals surface area contributed by atoms with Crippen molar-refractivity contribution in [3.05, 3.63) is 48.1 Å². The Morgan fingerprint density at radius 3 is 2.50 bits per heavy atom.